The average molecular weight is 396 g/mol. The van der Waals surface area contributed by atoms with Crippen molar-refractivity contribution in [3.05, 3.63) is 46.8 Å². The van der Waals surface area contributed by atoms with E-state index in [1.165, 1.54) is 12.8 Å². The maximum atomic E-state index is 13.2. The first-order chi connectivity index (χ1) is 13.9. The quantitative estimate of drug-likeness (QED) is 0.735. The van der Waals surface area contributed by atoms with Crippen LogP contribution in [0.1, 0.15) is 66.3 Å². The minimum atomic E-state index is -0.806. The predicted octanol–water partition coefficient (Wildman–Crippen LogP) is 3.91. The normalized spacial score (nSPS) is 17.2. The SMILES string of the molecule is Cc1nn(-c2ccc(C(=O)N(C3CC3)C(C)C3CC3)cc2)c(C)c1CCC(=O)O. The minimum absolute atomic E-state index is 0.0942. The van der Waals surface area contributed by atoms with Crippen LogP contribution in [-0.2, 0) is 11.2 Å². The highest BCUT2D eigenvalue weighted by molar-refractivity contribution is 5.95. The summed E-state index contributed by atoms with van der Waals surface area (Å²) in [5.41, 5.74) is 4.38. The molecule has 0 radical (unpaired) electrons. The fraction of sp³-hybridized carbons (Fsp3) is 0.522. The van der Waals surface area contributed by atoms with E-state index in [0.29, 0.717) is 24.4 Å². The number of nitrogens with zero attached hydrogens (tertiary/aromatic N) is 3. The third-order valence-corrected chi connectivity index (χ3v) is 6.31. The zero-order valence-electron chi connectivity index (χ0n) is 17.4. The van der Waals surface area contributed by atoms with Crippen molar-refractivity contribution in [2.24, 2.45) is 5.92 Å². The Morgan fingerprint density at radius 3 is 2.38 bits per heavy atom. The van der Waals surface area contributed by atoms with Gasteiger partial charge in [-0.3, -0.25) is 9.59 Å². The number of benzene rings is 1. The second-order valence-corrected chi connectivity index (χ2v) is 8.52. The van der Waals surface area contributed by atoms with Crippen LogP contribution in [0.15, 0.2) is 24.3 Å². The van der Waals surface area contributed by atoms with Gasteiger partial charge in [-0.2, -0.15) is 5.10 Å². The fourth-order valence-corrected chi connectivity index (χ4v) is 4.26. The molecule has 2 aliphatic rings. The van der Waals surface area contributed by atoms with Crippen molar-refractivity contribution in [3.8, 4) is 5.69 Å². The summed E-state index contributed by atoms with van der Waals surface area (Å²) in [7, 11) is 0. The Balaban J connectivity index is 1.54. The number of carboxylic acid groups (broad SMARTS) is 1. The maximum absolute atomic E-state index is 13.2. The van der Waals surface area contributed by atoms with Gasteiger partial charge in [0.2, 0.25) is 0 Å². The smallest absolute Gasteiger partial charge is 0.303 e. The third-order valence-electron chi connectivity index (χ3n) is 6.31. The van der Waals surface area contributed by atoms with Gasteiger partial charge in [-0.15, -0.1) is 0 Å². The third kappa shape index (κ3) is 4.07. The van der Waals surface area contributed by atoms with Gasteiger partial charge in [0.1, 0.15) is 0 Å². The highest BCUT2D eigenvalue weighted by Crippen LogP contribution is 2.40. The van der Waals surface area contributed by atoms with Crippen molar-refractivity contribution < 1.29 is 14.7 Å². The number of rotatable bonds is 8. The van der Waals surface area contributed by atoms with Gasteiger partial charge in [-0.25, -0.2) is 4.68 Å². The number of carbonyl (C=O) groups excluding carboxylic acids is 1. The Kier molecular flexibility index (Phi) is 5.19. The zero-order valence-corrected chi connectivity index (χ0v) is 17.4. The van der Waals surface area contributed by atoms with Gasteiger partial charge in [-0.1, -0.05) is 0 Å². The molecule has 4 rings (SSSR count). The van der Waals surface area contributed by atoms with Crippen LogP contribution >= 0.6 is 0 Å². The van der Waals surface area contributed by atoms with Crippen LogP contribution < -0.4 is 0 Å². The molecule has 1 aromatic carbocycles. The van der Waals surface area contributed by atoms with E-state index in [4.69, 9.17) is 5.11 Å². The Hall–Kier alpha value is -2.63. The molecule has 2 aromatic rings. The lowest BCUT2D eigenvalue weighted by molar-refractivity contribution is -0.136. The van der Waals surface area contributed by atoms with E-state index in [2.05, 4.69) is 16.9 Å². The van der Waals surface area contributed by atoms with Crippen LogP contribution in [0.2, 0.25) is 0 Å². The van der Waals surface area contributed by atoms with E-state index in [-0.39, 0.29) is 12.3 Å². The summed E-state index contributed by atoms with van der Waals surface area (Å²) in [6.45, 7) is 6.06. The molecule has 1 N–H and O–H groups in total. The Labute approximate surface area is 171 Å². The Bertz CT molecular complexity index is 924. The molecule has 0 bridgehead atoms. The second-order valence-electron chi connectivity index (χ2n) is 8.52. The van der Waals surface area contributed by atoms with E-state index in [1.54, 1.807) is 0 Å². The van der Waals surface area contributed by atoms with E-state index in [9.17, 15) is 9.59 Å². The number of carbonyl (C=O) groups is 2. The number of carboxylic acids is 1. The average Bonchev–Trinajstić information content (AvgIpc) is 3.59. The summed E-state index contributed by atoms with van der Waals surface area (Å²) in [6.07, 6.45) is 5.27. The van der Waals surface area contributed by atoms with Gasteiger partial charge in [0.05, 0.1) is 11.4 Å². The molecule has 1 atom stereocenters. The fourth-order valence-electron chi connectivity index (χ4n) is 4.26. The Morgan fingerprint density at radius 1 is 1.17 bits per heavy atom. The van der Waals surface area contributed by atoms with Crippen LogP contribution in [0.5, 0.6) is 0 Å². The molecule has 1 aromatic heterocycles. The van der Waals surface area contributed by atoms with Crippen molar-refractivity contribution in [3.63, 3.8) is 0 Å². The predicted molar refractivity (Wildman–Crippen MR) is 110 cm³/mol. The summed E-state index contributed by atoms with van der Waals surface area (Å²) < 4.78 is 1.84. The first-order valence-corrected chi connectivity index (χ1v) is 10.6. The molecule has 1 unspecified atom stereocenters. The molecule has 2 aliphatic carbocycles. The monoisotopic (exact) mass is 395 g/mol. The molecule has 6 heteroatoms. The van der Waals surface area contributed by atoms with Crippen LogP contribution in [0, 0.1) is 19.8 Å². The number of aliphatic carboxylic acids is 1. The number of aryl methyl sites for hydroxylation is 1. The summed E-state index contributed by atoms with van der Waals surface area (Å²) in [4.78, 5) is 26.2. The number of hydrogen-bond donors (Lipinski definition) is 1. The van der Waals surface area contributed by atoms with Gasteiger partial charge < -0.3 is 10.0 Å². The van der Waals surface area contributed by atoms with Crippen molar-refractivity contribution >= 4 is 11.9 Å². The van der Waals surface area contributed by atoms with Crippen molar-refractivity contribution in [1.82, 2.24) is 14.7 Å². The van der Waals surface area contributed by atoms with Crippen molar-refractivity contribution in [2.75, 3.05) is 0 Å². The molecule has 0 saturated heterocycles. The number of aromatic nitrogens is 2. The van der Waals surface area contributed by atoms with E-state index in [0.717, 1.165) is 41.0 Å². The lowest BCUT2D eigenvalue weighted by atomic mass is 10.1. The highest BCUT2D eigenvalue weighted by atomic mass is 16.4. The van der Waals surface area contributed by atoms with E-state index < -0.39 is 5.97 Å². The number of hydrogen-bond acceptors (Lipinski definition) is 3. The topological polar surface area (TPSA) is 75.4 Å². The van der Waals surface area contributed by atoms with Crippen LogP contribution in [-0.4, -0.2) is 43.7 Å². The minimum Gasteiger partial charge on any atom is -0.481 e. The maximum Gasteiger partial charge on any atom is 0.303 e. The standard InChI is InChI=1S/C23H29N3O3/c1-14-21(12-13-22(27)28)16(3)26(24-14)20-8-6-18(7-9-20)23(29)25(19-10-11-19)15(2)17-4-5-17/h6-9,15,17,19H,4-5,10-13H2,1-3H3,(H,27,28). The second kappa shape index (κ2) is 7.65. The molecule has 154 valence electrons. The highest BCUT2D eigenvalue weighted by Gasteiger charge is 2.41. The molecule has 1 amide bonds. The van der Waals surface area contributed by atoms with Crippen molar-refractivity contribution in [1.29, 1.82) is 0 Å². The van der Waals surface area contributed by atoms with Gasteiger partial charge >= 0.3 is 5.97 Å². The zero-order chi connectivity index (χ0) is 20.7. The van der Waals surface area contributed by atoms with Gasteiger partial charge in [-0.05, 0) is 88.6 Å². The first kappa shape index (κ1) is 19.7. The molecule has 2 saturated carbocycles. The molecule has 0 spiro atoms. The van der Waals surface area contributed by atoms with Gasteiger partial charge in [0, 0.05) is 29.8 Å². The Morgan fingerprint density at radius 2 is 1.83 bits per heavy atom. The van der Waals surface area contributed by atoms with Crippen molar-refractivity contribution in [2.45, 2.75) is 71.4 Å². The van der Waals surface area contributed by atoms with E-state index >= 15 is 0 Å². The molecular formula is C23H29N3O3. The summed E-state index contributed by atoms with van der Waals surface area (Å²) in [5.74, 6) is -0.00762. The molecule has 2 fully saturated rings. The number of amides is 1. The molecule has 0 aliphatic heterocycles. The van der Waals surface area contributed by atoms with Crippen LogP contribution in [0.4, 0.5) is 0 Å². The molecule has 6 nitrogen and oxygen atoms in total. The van der Waals surface area contributed by atoms with Gasteiger partial charge in [0.15, 0.2) is 0 Å². The van der Waals surface area contributed by atoms with Gasteiger partial charge in [0.25, 0.3) is 5.91 Å². The summed E-state index contributed by atoms with van der Waals surface area (Å²) in [6, 6.07) is 8.37. The molecule has 1 heterocycles. The van der Waals surface area contributed by atoms with Crippen LogP contribution in [0.3, 0.4) is 0 Å². The largest absolute Gasteiger partial charge is 0.481 e. The summed E-state index contributed by atoms with van der Waals surface area (Å²) >= 11 is 0. The lowest BCUT2D eigenvalue weighted by Gasteiger charge is -2.29. The summed E-state index contributed by atoms with van der Waals surface area (Å²) in [5, 5.41) is 13.6. The first-order valence-electron chi connectivity index (χ1n) is 10.6. The molecule has 29 heavy (non-hydrogen) atoms. The van der Waals surface area contributed by atoms with E-state index in [1.807, 2.05) is 42.8 Å². The lowest BCUT2D eigenvalue weighted by Crippen LogP contribution is -2.41. The molecular weight excluding hydrogens is 366 g/mol. The van der Waals surface area contributed by atoms with Crippen LogP contribution in [0.25, 0.3) is 5.69 Å².